The Bertz CT molecular complexity index is 150. The number of rotatable bonds is 3. The highest BCUT2D eigenvalue weighted by molar-refractivity contribution is 5.02. The Labute approximate surface area is 74.9 Å². The van der Waals surface area contributed by atoms with Gasteiger partial charge in [0, 0.05) is 0 Å². The maximum atomic E-state index is 9.15. The molecule has 1 N–H and O–H groups in total. The summed E-state index contributed by atoms with van der Waals surface area (Å²) < 4.78 is 0. The van der Waals surface area contributed by atoms with Crippen LogP contribution < -0.4 is 0 Å². The van der Waals surface area contributed by atoms with Crippen LogP contribution >= 0.6 is 0 Å². The first-order chi connectivity index (χ1) is 5.75. The van der Waals surface area contributed by atoms with E-state index in [0.717, 1.165) is 18.7 Å². The topological polar surface area (TPSA) is 23.5 Å². The summed E-state index contributed by atoms with van der Waals surface area (Å²) in [4.78, 5) is 2.34. The summed E-state index contributed by atoms with van der Waals surface area (Å²) in [6.45, 7) is 8.36. The molecule has 1 aliphatic heterocycles. The third-order valence-electron chi connectivity index (χ3n) is 2.57. The van der Waals surface area contributed by atoms with E-state index in [4.69, 9.17) is 5.11 Å². The van der Waals surface area contributed by atoms with Gasteiger partial charge in [-0.05, 0) is 32.9 Å². The van der Waals surface area contributed by atoms with E-state index in [2.05, 4.69) is 11.5 Å². The van der Waals surface area contributed by atoms with Crippen molar-refractivity contribution in [2.24, 2.45) is 0 Å². The van der Waals surface area contributed by atoms with Crippen molar-refractivity contribution in [3.05, 3.63) is 12.2 Å². The number of hydrogen-bond donors (Lipinski definition) is 1. The minimum atomic E-state index is 0.199. The Morgan fingerprint density at radius 2 is 2.00 bits per heavy atom. The number of piperidine rings is 1. The molecule has 0 aromatic rings. The maximum Gasteiger partial charge on any atom is 0.0625 e. The van der Waals surface area contributed by atoms with Crippen molar-refractivity contribution in [2.75, 3.05) is 19.7 Å². The van der Waals surface area contributed by atoms with Crippen LogP contribution in [0.25, 0.3) is 0 Å². The van der Waals surface area contributed by atoms with E-state index in [1.165, 1.54) is 19.3 Å². The van der Waals surface area contributed by atoms with Crippen LogP contribution in [-0.4, -0.2) is 35.7 Å². The van der Waals surface area contributed by atoms with Crippen molar-refractivity contribution in [3.63, 3.8) is 0 Å². The van der Waals surface area contributed by atoms with Crippen LogP contribution in [0.2, 0.25) is 0 Å². The molecule has 1 rings (SSSR count). The van der Waals surface area contributed by atoms with Gasteiger partial charge in [-0.15, -0.1) is 0 Å². The fourth-order valence-electron chi connectivity index (χ4n) is 1.81. The minimum Gasteiger partial charge on any atom is -0.394 e. The molecule has 2 heteroatoms. The van der Waals surface area contributed by atoms with Gasteiger partial charge in [0.1, 0.15) is 0 Å². The van der Waals surface area contributed by atoms with Gasteiger partial charge in [0.25, 0.3) is 0 Å². The SMILES string of the molecule is C=C(C)C(CO)N1CCCCC1. The Kier molecular flexibility index (Phi) is 3.76. The average Bonchev–Trinajstić information content (AvgIpc) is 2.07. The van der Waals surface area contributed by atoms with Gasteiger partial charge in [0.05, 0.1) is 12.6 Å². The van der Waals surface area contributed by atoms with E-state index in [1.807, 2.05) is 6.92 Å². The summed E-state index contributed by atoms with van der Waals surface area (Å²) in [5, 5.41) is 9.15. The Morgan fingerprint density at radius 3 is 2.42 bits per heavy atom. The lowest BCUT2D eigenvalue weighted by Crippen LogP contribution is -2.41. The van der Waals surface area contributed by atoms with Crippen molar-refractivity contribution in [3.8, 4) is 0 Å². The van der Waals surface area contributed by atoms with E-state index in [1.54, 1.807) is 0 Å². The highest BCUT2D eigenvalue weighted by Gasteiger charge is 2.19. The van der Waals surface area contributed by atoms with Crippen LogP contribution in [0, 0.1) is 0 Å². The third kappa shape index (κ3) is 2.32. The molecule has 0 bridgehead atoms. The Balaban J connectivity index is 2.46. The molecule has 1 fully saturated rings. The standard InChI is InChI=1S/C10H19NO/c1-9(2)10(8-12)11-6-4-3-5-7-11/h10,12H,1,3-8H2,2H3. The largest absolute Gasteiger partial charge is 0.394 e. The van der Waals surface area contributed by atoms with Crippen molar-refractivity contribution in [1.29, 1.82) is 0 Å². The molecule has 1 aliphatic rings. The zero-order chi connectivity index (χ0) is 8.97. The smallest absolute Gasteiger partial charge is 0.0625 e. The fourth-order valence-corrected chi connectivity index (χ4v) is 1.81. The van der Waals surface area contributed by atoms with Crippen molar-refractivity contribution >= 4 is 0 Å². The second kappa shape index (κ2) is 4.63. The van der Waals surface area contributed by atoms with Gasteiger partial charge in [-0.2, -0.15) is 0 Å². The van der Waals surface area contributed by atoms with E-state index in [0.29, 0.717) is 0 Å². The van der Waals surface area contributed by atoms with Crippen LogP contribution in [0.4, 0.5) is 0 Å². The first-order valence-corrected chi connectivity index (χ1v) is 4.76. The van der Waals surface area contributed by atoms with Crippen molar-refractivity contribution in [1.82, 2.24) is 4.90 Å². The fraction of sp³-hybridized carbons (Fsp3) is 0.800. The molecule has 0 spiro atoms. The molecule has 0 radical (unpaired) electrons. The molecular formula is C10H19NO. The lowest BCUT2D eigenvalue weighted by Gasteiger charge is -2.33. The number of likely N-dealkylation sites (tertiary alicyclic amines) is 1. The normalized spacial score (nSPS) is 22.2. The van der Waals surface area contributed by atoms with Gasteiger partial charge in [-0.3, -0.25) is 4.90 Å². The van der Waals surface area contributed by atoms with Crippen LogP contribution in [0.5, 0.6) is 0 Å². The molecule has 2 nitrogen and oxygen atoms in total. The van der Waals surface area contributed by atoms with Crippen LogP contribution in [0.15, 0.2) is 12.2 Å². The second-order valence-corrected chi connectivity index (χ2v) is 3.64. The third-order valence-corrected chi connectivity index (χ3v) is 2.57. The number of aliphatic hydroxyl groups excluding tert-OH is 1. The average molecular weight is 169 g/mol. The molecular weight excluding hydrogens is 150 g/mol. The summed E-state index contributed by atoms with van der Waals surface area (Å²) >= 11 is 0. The summed E-state index contributed by atoms with van der Waals surface area (Å²) in [5.41, 5.74) is 1.08. The summed E-state index contributed by atoms with van der Waals surface area (Å²) in [6.07, 6.45) is 3.87. The Morgan fingerprint density at radius 1 is 1.42 bits per heavy atom. The molecule has 1 heterocycles. The molecule has 0 aromatic heterocycles. The number of aliphatic hydroxyl groups is 1. The summed E-state index contributed by atoms with van der Waals surface area (Å²) in [7, 11) is 0. The molecule has 0 aliphatic carbocycles. The van der Waals surface area contributed by atoms with Gasteiger partial charge in [-0.1, -0.05) is 18.6 Å². The molecule has 1 atom stereocenters. The van der Waals surface area contributed by atoms with Gasteiger partial charge in [0.15, 0.2) is 0 Å². The highest BCUT2D eigenvalue weighted by Crippen LogP contribution is 2.15. The highest BCUT2D eigenvalue weighted by atomic mass is 16.3. The summed E-state index contributed by atoms with van der Waals surface area (Å²) in [5.74, 6) is 0. The summed E-state index contributed by atoms with van der Waals surface area (Å²) in [6, 6.07) is 0.199. The predicted molar refractivity (Wildman–Crippen MR) is 51.1 cm³/mol. The molecule has 0 aromatic carbocycles. The van der Waals surface area contributed by atoms with E-state index in [-0.39, 0.29) is 12.6 Å². The van der Waals surface area contributed by atoms with Gasteiger partial charge in [-0.25, -0.2) is 0 Å². The monoisotopic (exact) mass is 169 g/mol. The number of hydrogen-bond acceptors (Lipinski definition) is 2. The first kappa shape index (κ1) is 9.75. The van der Waals surface area contributed by atoms with Crippen LogP contribution in [0.1, 0.15) is 26.2 Å². The van der Waals surface area contributed by atoms with Crippen LogP contribution in [-0.2, 0) is 0 Å². The lowest BCUT2D eigenvalue weighted by atomic mass is 10.0. The predicted octanol–water partition coefficient (Wildman–Crippen LogP) is 1.41. The van der Waals surface area contributed by atoms with E-state index < -0.39 is 0 Å². The van der Waals surface area contributed by atoms with Gasteiger partial charge in [0.2, 0.25) is 0 Å². The second-order valence-electron chi connectivity index (χ2n) is 3.64. The minimum absolute atomic E-state index is 0.199. The first-order valence-electron chi connectivity index (χ1n) is 4.76. The zero-order valence-electron chi connectivity index (χ0n) is 7.92. The molecule has 12 heavy (non-hydrogen) atoms. The van der Waals surface area contributed by atoms with Gasteiger partial charge < -0.3 is 5.11 Å². The maximum absolute atomic E-state index is 9.15. The molecule has 70 valence electrons. The molecule has 1 saturated heterocycles. The zero-order valence-corrected chi connectivity index (χ0v) is 7.92. The van der Waals surface area contributed by atoms with Crippen molar-refractivity contribution in [2.45, 2.75) is 32.2 Å². The molecule has 1 unspecified atom stereocenters. The van der Waals surface area contributed by atoms with Crippen LogP contribution in [0.3, 0.4) is 0 Å². The lowest BCUT2D eigenvalue weighted by molar-refractivity contribution is 0.125. The Hall–Kier alpha value is -0.340. The number of nitrogens with zero attached hydrogens (tertiary/aromatic N) is 1. The van der Waals surface area contributed by atoms with E-state index in [9.17, 15) is 0 Å². The van der Waals surface area contributed by atoms with Crippen molar-refractivity contribution < 1.29 is 5.11 Å². The molecule has 0 saturated carbocycles. The quantitative estimate of drug-likeness (QED) is 0.646. The van der Waals surface area contributed by atoms with Gasteiger partial charge >= 0.3 is 0 Å². The molecule has 0 amide bonds. The van der Waals surface area contributed by atoms with E-state index >= 15 is 0 Å².